The second kappa shape index (κ2) is 6.60. The van der Waals surface area contributed by atoms with E-state index < -0.39 is 0 Å². The van der Waals surface area contributed by atoms with Crippen LogP contribution in [-0.4, -0.2) is 45.2 Å². The van der Waals surface area contributed by atoms with Gasteiger partial charge in [0.2, 0.25) is 0 Å². The Morgan fingerprint density at radius 3 is 3.08 bits per heavy atom. The molecule has 0 fully saturated rings. The topological polar surface area (TPSA) is 72.4 Å². The van der Waals surface area contributed by atoms with E-state index in [1.807, 2.05) is 11.3 Å². The average molecular weight is 346 g/mol. The van der Waals surface area contributed by atoms with Crippen LogP contribution in [0.15, 0.2) is 0 Å². The molecule has 0 amide bonds. The lowest BCUT2D eigenvalue weighted by atomic mass is 10.1. The highest BCUT2D eigenvalue weighted by atomic mass is 32.1. The van der Waals surface area contributed by atoms with Crippen LogP contribution in [0.5, 0.6) is 0 Å². The third kappa shape index (κ3) is 2.73. The third-order valence-electron chi connectivity index (χ3n) is 4.75. The number of aromatic nitrogens is 5. The van der Waals surface area contributed by atoms with E-state index in [9.17, 15) is 0 Å². The number of thiophene rings is 1. The van der Waals surface area contributed by atoms with Crippen molar-refractivity contribution in [1.82, 2.24) is 25.0 Å². The molecule has 0 saturated carbocycles. The maximum absolute atomic E-state index is 4.70. The number of fused-ring (bicyclic) bond motifs is 5. The fraction of sp³-hybridized carbons (Fsp3) is 0.625. The molecule has 1 unspecified atom stereocenters. The first-order chi connectivity index (χ1) is 11.8. The summed E-state index contributed by atoms with van der Waals surface area (Å²) in [5.74, 6) is 1.54. The van der Waals surface area contributed by atoms with Gasteiger partial charge in [0.25, 0.3) is 5.78 Å². The molecule has 1 aliphatic heterocycles. The van der Waals surface area contributed by atoms with Crippen LogP contribution in [0.2, 0.25) is 0 Å². The standard InChI is InChI=1S/C16H23N7S/c1-3-4-5-6-8-17-14-13-11-7-9-22(2)10-12(11)24-15(13)23-16(18-14)19-20-21-23/h3-10H2,1-2H3,(H,17,18,19,21)/p+1. The van der Waals surface area contributed by atoms with E-state index in [-0.39, 0.29) is 0 Å². The van der Waals surface area contributed by atoms with Gasteiger partial charge in [-0.05, 0) is 22.4 Å². The van der Waals surface area contributed by atoms with Gasteiger partial charge in [0.1, 0.15) is 17.2 Å². The highest BCUT2D eigenvalue weighted by Crippen LogP contribution is 2.36. The number of nitrogens with one attached hydrogen (secondary N) is 2. The molecule has 8 heteroatoms. The van der Waals surface area contributed by atoms with Crippen LogP contribution in [0.4, 0.5) is 5.82 Å². The number of quaternary nitrogens is 1. The van der Waals surface area contributed by atoms with E-state index >= 15 is 0 Å². The number of anilines is 1. The van der Waals surface area contributed by atoms with Crippen LogP contribution in [0.1, 0.15) is 43.0 Å². The van der Waals surface area contributed by atoms with E-state index in [4.69, 9.17) is 4.98 Å². The Kier molecular flexibility index (Phi) is 4.32. The zero-order valence-electron chi connectivity index (χ0n) is 14.3. The van der Waals surface area contributed by atoms with Gasteiger partial charge in [-0.1, -0.05) is 31.3 Å². The van der Waals surface area contributed by atoms with Gasteiger partial charge in [-0.3, -0.25) is 0 Å². The van der Waals surface area contributed by atoms with Gasteiger partial charge in [0.15, 0.2) is 0 Å². The quantitative estimate of drug-likeness (QED) is 0.658. The van der Waals surface area contributed by atoms with Crippen molar-refractivity contribution in [3.63, 3.8) is 0 Å². The smallest absolute Gasteiger partial charge is 0.276 e. The Labute approximate surface area is 145 Å². The van der Waals surface area contributed by atoms with E-state index in [0.717, 1.165) is 30.2 Å². The zero-order valence-corrected chi connectivity index (χ0v) is 15.1. The number of tetrazole rings is 1. The first kappa shape index (κ1) is 15.7. The van der Waals surface area contributed by atoms with Crippen LogP contribution in [0.3, 0.4) is 0 Å². The molecule has 4 heterocycles. The van der Waals surface area contributed by atoms with E-state index in [1.165, 1.54) is 48.1 Å². The largest absolute Gasteiger partial charge is 0.369 e. The van der Waals surface area contributed by atoms with Gasteiger partial charge in [0.05, 0.1) is 23.9 Å². The lowest BCUT2D eigenvalue weighted by Gasteiger charge is -2.19. The Morgan fingerprint density at radius 1 is 1.29 bits per heavy atom. The first-order valence-corrected chi connectivity index (χ1v) is 9.67. The molecule has 0 aliphatic carbocycles. The van der Waals surface area contributed by atoms with Crippen molar-refractivity contribution in [2.45, 2.75) is 45.6 Å². The van der Waals surface area contributed by atoms with Crippen molar-refractivity contribution < 1.29 is 4.90 Å². The number of nitrogens with zero attached hydrogens (tertiary/aromatic N) is 5. The SMILES string of the molecule is CCCCCCNc1nc2nnnn2c2sc3c(c12)CC[NH+](C)C3. The summed E-state index contributed by atoms with van der Waals surface area (Å²) in [7, 11) is 2.26. The second-order valence-corrected chi connectivity index (χ2v) is 7.74. The summed E-state index contributed by atoms with van der Waals surface area (Å²) >= 11 is 1.82. The van der Waals surface area contributed by atoms with Gasteiger partial charge >= 0.3 is 0 Å². The lowest BCUT2D eigenvalue weighted by Crippen LogP contribution is -3.08. The molecule has 0 radical (unpaired) electrons. The summed E-state index contributed by atoms with van der Waals surface area (Å²) in [6.07, 6.45) is 6.08. The number of unbranched alkanes of at least 4 members (excludes halogenated alkanes) is 3. The van der Waals surface area contributed by atoms with E-state index in [2.05, 4.69) is 34.8 Å². The normalized spacial score (nSPS) is 17.5. The predicted octanol–water partition coefficient (Wildman–Crippen LogP) is 1.30. The van der Waals surface area contributed by atoms with Crippen molar-refractivity contribution in [2.75, 3.05) is 25.5 Å². The number of hydrogen-bond acceptors (Lipinski definition) is 6. The summed E-state index contributed by atoms with van der Waals surface area (Å²) in [4.78, 5) is 8.83. The van der Waals surface area contributed by atoms with Crippen molar-refractivity contribution in [3.8, 4) is 0 Å². The van der Waals surface area contributed by atoms with Crippen LogP contribution >= 0.6 is 11.3 Å². The molecule has 24 heavy (non-hydrogen) atoms. The van der Waals surface area contributed by atoms with Crippen molar-refractivity contribution in [1.29, 1.82) is 0 Å². The minimum atomic E-state index is 0.581. The molecular formula is C16H24N7S+. The minimum absolute atomic E-state index is 0.581. The van der Waals surface area contributed by atoms with Crippen molar-refractivity contribution in [2.24, 2.45) is 0 Å². The molecule has 1 atom stereocenters. The van der Waals surface area contributed by atoms with Crippen molar-refractivity contribution >= 4 is 33.1 Å². The fourth-order valence-corrected chi connectivity index (χ4v) is 4.83. The molecule has 0 spiro atoms. The highest BCUT2D eigenvalue weighted by molar-refractivity contribution is 7.19. The number of likely N-dealkylation sites (N-methyl/N-ethyl adjacent to an activating group) is 1. The Balaban J connectivity index is 1.73. The molecule has 3 aromatic heterocycles. The van der Waals surface area contributed by atoms with Gasteiger partial charge in [-0.2, -0.15) is 9.50 Å². The van der Waals surface area contributed by atoms with Gasteiger partial charge in [-0.15, -0.1) is 11.3 Å². The molecule has 3 aromatic rings. The summed E-state index contributed by atoms with van der Waals surface area (Å²) in [5.41, 5.74) is 1.45. The van der Waals surface area contributed by atoms with Crippen molar-refractivity contribution in [3.05, 3.63) is 10.4 Å². The lowest BCUT2D eigenvalue weighted by molar-refractivity contribution is -0.895. The third-order valence-corrected chi connectivity index (χ3v) is 5.96. The van der Waals surface area contributed by atoms with Gasteiger partial charge < -0.3 is 10.2 Å². The minimum Gasteiger partial charge on any atom is -0.369 e. The molecule has 128 valence electrons. The Bertz CT molecular complexity index is 853. The zero-order chi connectivity index (χ0) is 16.5. The average Bonchev–Trinajstić information content (AvgIpc) is 3.17. The first-order valence-electron chi connectivity index (χ1n) is 8.85. The van der Waals surface area contributed by atoms with Gasteiger partial charge in [-0.25, -0.2) is 0 Å². The monoisotopic (exact) mass is 346 g/mol. The predicted molar refractivity (Wildman–Crippen MR) is 95.8 cm³/mol. The summed E-state index contributed by atoms with van der Waals surface area (Å²) in [6.45, 7) is 5.44. The summed E-state index contributed by atoms with van der Waals surface area (Å²) in [5, 5.41) is 16.8. The number of rotatable bonds is 6. The van der Waals surface area contributed by atoms with Gasteiger partial charge in [0, 0.05) is 13.0 Å². The maximum Gasteiger partial charge on any atom is 0.276 e. The summed E-state index contributed by atoms with van der Waals surface area (Å²) < 4.78 is 1.79. The highest BCUT2D eigenvalue weighted by Gasteiger charge is 2.26. The van der Waals surface area contributed by atoms with E-state index in [1.54, 1.807) is 9.42 Å². The molecule has 4 rings (SSSR count). The van der Waals surface area contributed by atoms with Crippen LogP contribution < -0.4 is 10.2 Å². The molecule has 2 N–H and O–H groups in total. The number of hydrogen-bond donors (Lipinski definition) is 2. The van der Waals surface area contributed by atoms with Crippen LogP contribution in [0, 0.1) is 0 Å². The molecular weight excluding hydrogens is 322 g/mol. The Morgan fingerprint density at radius 2 is 2.21 bits per heavy atom. The van der Waals surface area contributed by atoms with Crippen LogP contribution in [-0.2, 0) is 13.0 Å². The molecule has 1 aliphatic rings. The molecule has 7 nitrogen and oxygen atoms in total. The fourth-order valence-electron chi connectivity index (χ4n) is 3.43. The van der Waals surface area contributed by atoms with E-state index in [0.29, 0.717) is 5.78 Å². The van der Waals surface area contributed by atoms with Crippen LogP contribution in [0.25, 0.3) is 16.0 Å². The second-order valence-electron chi connectivity index (χ2n) is 6.66. The summed E-state index contributed by atoms with van der Waals surface area (Å²) in [6, 6.07) is 0. The molecule has 0 saturated heterocycles. The maximum atomic E-state index is 4.70. The Hall–Kier alpha value is -1.80. The molecule has 0 bridgehead atoms. The molecule has 0 aromatic carbocycles.